The fraction of sp³-hybridized carbons (Fsp3) is 0.250. The van der Waals surface area contributed by atoms with Crippen molar-refractivity contribution in [2.24, 2.45) is 5.92 Å². The first-order valence-corrected chi connectivity index (χ1v) is 4.98. The van der Waals surface area contributed by atoms with E-state index in [1.54, 1.807) is 6.08 Å². The molecule has 0 unspecified atom stereocenters. The number of rotatable bonds is 3. The van der Waals surface area contributed by atoms with Crippen LogP contribution in [0.25, 0.3) is 0 Å². The van der Waals surface area contributed by atoms with E-state index in [0.717, 1.165) is 5.69 Å². The number of hydrogen-bond donors (Lipinski definition) is 2. The van der Waals surface area contributed by atoms with E-state index >= 15 is 0 Å². The molecule has 0 spiro atoms. The molecule has 3 heteroatoms. The zero-order valence-corrected chi connectivity index (χ0v) is 8.26. The molecule has 0 bridgehead atoms. The maximum atomic E-state index is 10.7. The van der Waals surface area contributed by atoms with Crippen LogP contribution in [0.1, 0.15) is 6.42 Å². The molecule has 2 rings (SSSR count). The Bertz CT molecular complexity index is 372. The lowest BCUT2D eigenvalue weighted by molar-refractivity contribution is -0.140. The fourth-order valence-corrected chi connectivity index (χ4v) is 1.74. The average Bonchev–Trinajstić information content (AvgIpc) is 2.68. The summed E-state index contributed by atoms with van der Waals surface area (Å²) in [6.45, 7) is 0. The maximum absolute atomic E-state index is 10.7. The summed E-state index contributed by atoms with van der Waals surface area (Å²) in [5.41, 5.74) is 1.03. The van der Waals surface area contributed by atoms with E-state index in [1.165, 1.54) is 0 Å². The molecule has 0 saturated heterocycles. The standard InChI is InChI=1S/C12H13NO2/c14-12(15)9-6-7-11(8-9)13-10-4-2-1-3-5-10/h1-7,9,11,13H,8H2,(H,14,15)/t9-,11+/m0/s1. The Morgan fingerprint density at radius 3 is 2.60 bits per heavy atom. The quantitative estimate of drug-likeness (QED) is 0.740. The van der Waals surface area contributed by atoms with Gasteiger partial charge in [-0.05, 0) is 18.6 Å². The molecule has 0 amide bonds. The first kappa shape index (κ1) is 9.77. The number of benzene rings is 1. The van der Waals surface area contributed by atoms with Gasteiger partial charge in [0.25, 0.3) is 0 Å². The lowest BCUT2D eigenvalue weighted by Gasteiger charge is -2.13. The molecule has 2 atom stereocenters. The van der Waals surface area contributed by atoms with E-state index in [0.29, 0.717) is 6.42 Å². The van der Waals surface area contributed by atoms with Gasteiger partial charge in [0.05, 0.1) is 5.92 Å². The largest absolute Gasteiger partial charge is 0.481 e. The van der Waals surface area contributed by atoms with E-state index in [-0.39, 0.29) is 12.0 Å². The number of para-hydroxylation sites is 1. The molecule has 1 aliphatic carbocycles. The summed E-state index contributed by atoms with van der Waals surface area (Å²) < 4.78 is 0. The Balaban J connectivity index is 1.94. The minimum atomic E-state index is -0.747. The molecule has 1 aromatic rings. The summed E-state index contributed by atoms with van der Waals surface area (Å²) in [5, 5.41) is 12.1. The first-order valence-electron chi connectivity index (χ1n) is 4.98. The van der Waals surface area contributed by atoms with Gasteiger partial charge in [-0.1, -0.05) is 30.4 Å². The second-order valence-electron chi connectivity index (χ2n) is 3.68. The number of nitrogens with one attached hydrogen (secondary N) is 1. The molecular formula is C12H13NO2. The summed E-state index contributed by atoms with van der Waals surface area (Å²) in [6.07, 6.45) is 4.30. The zero-order chi connectivity index (χ0) is 10.7. The number of carboxylic acids is 1. The van der Waals surface area contributed by atoms with Gasteiger partial charge in [0.1, 0.15) is 0 Å². The van der Waals surface area contributed by atoms with Crippen molar-refractivity contribution in [2.75, 3.05) is 5.32 Å². The minimum Gasteiger partial charge on any atom is -0.481 e. The van der Waals surface area contributed by atoms with Gasteiger partial charge in [-0.15, -0.1) is 0 Å². The van der Waals surface area contributed by atoms with Gasteiger partial charge in [-0.25, -0.2) is 0 Å². The summed E-state index contributed by atoms with van der Waals surface area (Å²) in [7, 11) is 0. The van der Waals surface area contributed by atoms with Crippen LogP contribution < -0.4 is 5.32 Å². The highest BCUT2D eigenvalue weighted by Gasteiger charge is 2.23. The third kappa shape index (κ3) is 2.37. The Kier molecular flexibility index (Phi) is 2.72. The van der Waals surface area contributed by atoms with Gasteiger partial charge in [-0.2, -0.15) is 0 Å². The highest BCUT2D eigenvalue weighted by Crippen LogP contribution is 2.21. The van der Waals surface area contributed by atoms with Crippen LogP contribution in [-0.2, 0) is 4.79 Å². The topological polar surface area (TPSA) is 49.3 Å². The van der Waals surface area contributed by atoms with Gasteiger partial charge in [-0.3, -0.25) is 4.79 Å². The molecule has 0 saturated carbocycles. The van der Waals surface area contributed by atoms with E-state index in [1.807, 2.05) is 36.4 Å². The van der Waals surface area contributed by atoms with E-state index in [9.17, 15) is 4.79 Å². The SMILES string of the molecule is O=C(O)[C@H]1C=C[C@@H](Nc2ccccc2)C1. The van der Waals surface area contributed by atoms with Crippen LogP contribution in [0, 0.1) is 5.92 Å². The van der Waals surface area contributed by atoms with Crippen molar-refractivity contribution in [2.45, 2.75) is 12.5 Å². The molecule has 1 aromatic carbocycles. The normalized spacial score (nSPS) is 24.0. The van der Waals surface area contributed by atoms with Crippen LogP contribution in [-0.4, -0.2) is 17.1 Å². The zero-order valence-electron chi connectivity index (χ0n) is 8.26. The van der Waals surface area contributed by atoms with Crippen LogP contribution in [0.5, 0.6) is 0 Å². The van der Waals surface area contributed by atoms with Gasteiger partial charge in [0.15, 0.2) is 0 Å². The summed E-state index contributed by atoms with van der Waals surface area (Å²) in [6, 6.07) is 9.94. The Morgan fingerprint density at radius 1 is 1.27 bits per heavy atom. The molecule has 15 heavy (non-hydrogen) atoms. The molecule has 0 fully saturated rings. The molecule has 0 aliphatic heterocycles. The highest BCUT2D eigenvalue weighted by molar-refractivity contribution is 5.73. The maximum Gasteiger partial charge on any atom is 0.310 e. The third-order valence-corrected chi connectivity index (χ3v) is 2.53. The molecule has 2 N–H and O–H groups in total. The van der Waals surface area contributed by atoms with E-state index < -0.39 is 5.97 Å². The van der Waals surface area contributed by atoms with Crippen LogP contribution in [0.2, 0.25) is 0 Å². The smallest absolute Gasteiger partial charge is 0.310 e. The molecule has 1 aliphatic rings. The number of carboxylic acid groups (broad SMARTS) is 1. The first-order chi connectivity index (χ1) is 7.25. The Morgan fingerprint density at radius 2 is 2.00 bits per heavy atom. The van der Waals surface area contributed by atoms with Crippen molar-refractivity contribution in [1.29, 1.82) is 0 Å². The van der Waals surface area contributed by atoms with Gasteiger partial charge < -0.3 is 10.4 Å². The Hall–Kier alpha value is -1.77. The minimum absolute atomic E-state index is 0.133. The van der Waals surface area contributed by atoms with E-state index in [2.05, 4.69) is 5.32 Å². The molecule has 0 aromatic heterocycles. The Labute approximate surface area is 88.4 Å². The van der Waals surface area contributed by atoms with Crippen molar-refractivity contribution in [1.82, 2.24) is 0 Å². The lowest BCUT2D eigenvalue weighted by atomic mass is 10.1. The molecule has 78 valence electrons. The monoisotopic (exact) mass is 203 g/mol. The van der Waals surface area contributed by atoms with Gasteiger partial charge >= 0.3 is 5.97 Å². The summed E-state index contributed by atoms with van der Waals surface area (Å²) in [4.78, 5) is 10.7. The highest BCUT2D eigenvalue weighted by atomic mass is 16.4. The lowest BCUT2D eigenvalue weighted by Crippen LogP contribution is -2.18. The van der Waals surface area contributed by atoms with Crippen molar-refractivity contribution < 1.29 is 9.90 Å². The van der Waals surface area contributed by atoms with Crippen LogP contribution in [0.4, 0.5) is 5.69 Å². The third-order valence-electron chi connectivity index (χ3n) is 2.53. The number of anilines is 1. The van der Waals surface area contributed by atoms with Crippen molar-refractivity contribution in [3.63, 3.8) is 0 Å². The average molecular weight is 203 g/mol. The van der Waals surface area contributed by atoms with Crippen LogP contribution in [0.15, 0.2) is 42.5 Å². The van der Waals surface area contributed by atoms with Crippen molar-refractivity contribution in [3.05, 3.63) is 42.5 Å². The van der Waals surface area contributed by atoms with Crippen molar-refractivity contribution >= 4 is 11.7 Å². The van der Waals surface area contributed by atoms with Crippen molar-refractivity contribution in [3.8, 4) is 0 Å². The molecule has 3 nitrogen and oxygen atoms in total. The predicted octanol–water partition coefficient (Wildman–Crippen LogP) is 2.13. The predicted molar refractivity (Wildman–Crippen MR) is 58.7 cm³/mol. The van der Waals surface area contributed by atoms with Crippen LogP contribution in [0.3, 0.4) is 0 Å². The molecular weight excluding hydrogens is 190 g/mol. The number of hydrogen-bond acceptors (Lipinski definition) is 2. The molecule has 0 radical (unpaired) electrons. The fourth-order valence-electron chi connectivity index (χ4n) is 1.74. The van der Waals surface area contributed by atoms with Crippen LogP contribution >= 0.6 is 0 Å². The van der Waals surface area contributed by atoms with Gasteiger partial charge in [0, 0.05) is 11.7 Å². The number of carbonyl (C=O) groups is 1. The second kappa shape index (κ2) is 4.17. The molecule has 0 heterocycles. The second-order valence-corrected chi connectivity index (χ2v) is 3.68. The van der Waals surface area contributed by atoms with E-state index in [4.69, 9.17) is 5.11 Å². The summed E-state index contributed by atoms with van der Waals surface area (Å²) >= 11 is 0. The van der Waals surface area contributed by atoms with Gasteiger partial charge in [0.2, 0.25) is 0 Å². The number of aliphatic carboxylic acids is 1. The summed E-state index contributed by atoms with van der Waals surface area (Å²) in [5.74, 6) is -1.09.